The van der Waals surface area contributed by atoms with E-state index in [0.29, 0.717) is 61.7 Å². The number of anilines is 1. The van der Waals surface area contributed by atoms with Gasteiger partial charge < -0.3 is 14.8 Å². The summed E-state index contributed by atoms with van der Waals surface area (Å²) >= 11 is 0. The van der Waals surface area contributed by atoms with Gasteiger partial charge >= 0.3 is 11.9 Å². The molecule has 3 aromatic rings. The number of nitrogens with one attached hydrogen (secondary N) is 1. The number of carbonyl (C=O) groups is 2. The minimum Gasteiger partial charge on any atom is -0.469 e. The van der Waals surface area contributed by atoms with E-state index in [1.54, 1.807) is 25.1 Å². The van der Waals surface area contributed by atoms with Crippen molar-refractivity contribution >= 4 is 38.7 Å². The number of halogens is 1. The first-order valence-electron chi connectivity index (χ1n) is 13.8. The fraction of sp³-hybridized carbons (Fsp3) is 0.448. The maximum Gasteiger partial charge on any atom is 0.331 e. The molecule has 0 aliphatic carbocycles. The van der Waals surface area contributed by atoms with Crippen LogP contribution < -0.4 is 5.32 Å². The van der Waals surface area contributed by atoms with Gasteiger partial charge in [-0.2, -0.15) is 4.31 Å². The van der Waals surface area contributed by atoms with Gasteiger partial charge in [-0.25, -0.2) is 27.6 Å². The topological polar surface area (TPSA) is 131 Å². The zero-order valence-corrected chi connectivity index (χ0v) is 24.6. The Morgan fingerprint density at radius 3 is 2.55 bits per heavy atom. The second-order valence-corrected chi connectivity index (χ2v) is 12.6. The van der Waals surface area contributed by atoms with Gasteiger partial charge in [0.1, 0.15) is 17.7 Å². The van der Waals surface area contributed by atoms with Crippen molar-refractivity contribution in [2.45, 2.75) is 50.5 Å². The van der Waals surface area contributed by atoms with Crippen LogP contribution in [0.15, 0.2) is 47.4 Å². The molecular weight excluding hydrogens is 565 g/mol. The lowest BCUT2D eigenvalue weighted by Crippen LogP contribution is -2.48. The first-order valence-corrected chi connectivity index (χ1v) is 15.3. The molecule has 0 spiro atoms. The Kier molecular flexibility index (Phi) is 8.71. The normalized spacial score (nSPS) is 21.8. The van der Waals surface area contributed by atoms with Crippen LogP contribution in [0, 0.1) is 12.8 Å². The fourth-order valence-corrected chi connectivity index (χ4v) is 6.73. The number of cyclic esters (lactones) is 1. The number of sulfonamides is 1. The highest BCUT2D eigenvalue weighted by atomic mass is 32.2. The van der Waals surface area contributed by atoms with Gasteiger partial charge in [0.15, 0.2) is 0 Å². The number of nitrogens with zero attached hydrogens (tertiary/aromatic N) is 4. The predicted molar refractivity (Wildman–Crippen MR) is 153 cm³/mol. The highest BCUT2D eigenvalue weighted by Gasteiger charge is 2.42. The van der Waals surface area contributed by atoms with Crippen molar-refractivity contribution in [3.8, 4) is 0 Å². The third kappa shape index (κ3) is 6.22. The number of esters is 2. The van der Waals surface area contributed by atoms with E-state index in [-0.39, 0.29) is 17.3 Å². The third-order valence-corrected chi connectivity index (χ3v) is 9.73. The van der Waals surface area contributed by atoms with E-state index in [4.69, 9.17) is 9.47 Å². The Balaban J connectivity index is 1.26. The number of para-hydroxylation sites is 1. The van der Waals surface area contributed by atoms with Crippen LogP contribution in [0.5, 0.6) is 0 Å². The second-order valence-electron chi connectivity index (χ2n) is 10.6. The van der Waals surface area contributed by atoms with Crippen molar-refractivity contribution in [1.82, 2.24) is 19.2 Å². The number of benzene rings is 2. The molecule has 1 aromatic heterocycles. The van der Waals surface area contributed by atoms with E-state index in [9.17, 15) is 22.4 Å². The fourth-order valence-electron chi connectivity index (χ4n) is 5.23. The molecule has 0 bridgehead atoms. The summed E-state index contributed by atoms with van der Waals surface area (Å²) in [7, 11) is -2.36. The molecule has 13 heteroatoms. The molecule has 224 valence electrons. The highest BCUT2D eigenvalue weighted by Crippen LogP contribution is 2.29. The SMILES string of the molecule is COC(=O)CCc1ccc(S(=O)(=O)N2CCN(Cc3nc(N[C@@H]4C(=O)OC(F)C4C)c4ccccc4n3)CC2)cc1C. The zero-order chi connectivity index (χ0) is 30.0. The Labute approximate surface area is 244 Å². The second kappa shape index (κ2) is 12.3. The van der Waals surface area contributed by atoms with Crippen LogP contribution >= 0.6 is 0 Å². The standard InChI is InChI=1S/C29H34FN5O6S/c1-18-16-21(10-8-20(18)9-11-25(36)40-3)42(38,39)35-14-12-34(13-15-35)17-24-31-23-7-5-4-6-22(23)28(32-24)33-26-19(2)27(30)41-29(26)37/h4-8,10,16,19,26-27H,9,11-15,17H2,1-3H3,(H,31,32,33)/t19?,26-,27?/m0/s1. The molecular formula is C29H34FN5O6S. The van der Waals surface area contributed by atoms with Crippen molar-refractivity contribution in [3.05, 3.63) is 59.4 Å². The van der Waals surface area contributed by atoms with Crippen molar-refractivity contribution in [1.29, 1.82) is 0 Å². The molecule has 2 fully saturated rings. The van der Waals surface area contributed by atoms with Gasteiger partial charge in [0.05, 0.1) is 30.0 Å². The molecule has 5 rings (SSSR count). The highest BCUT2D eigenvalue weighted by molar-refractivity contribution is 7.89. The van der Waals surface area contributed by atoms with Crippen LogP contribution in [0.25, 0.3) is 10.9 Å². The van der Waals surface area contributed by atoms with Gasteiger partial charge in [-0.15, -0.1) is 0 Å². The average molecular weight is 600 g/mol. The number of aryl methyl sites for hydroxylation is 2. The molecule has 2 saturated heterocycles. The summed E-state index contributed by atoms with van der Waals surface area (Å²) in [5.74, 6) is -0.729. The first-order chi connectivity index (χ1) is 20.1. The van der Waals surface area contributed by atoms with Crippen molar-refractivity contribution < 1.29 is 31.9 Å². The average Bonchev–Trinajstić information content (AvgIpc) is 3.22. The lowest BCUT2D eigenvalue weighted by atomic mass is 10.0. The molecule has 2 unspecified atom stereocenters. The number of hydrogen-bond acceptors (Lipinski definition) is 10. The predicted octanol–water partition coefficient (Wildman–Crippen LogP) is 2.82. The van der Waals surface area contributed by atoms with E-state index in [2.05, 4.69) is 20.2 Å². The van der Waals surface area contributed by atoms with Crippen LogP contribution in [-0.4, -0.2) is 85.2 Å². The maximum absolute atomic E-state index is 14.0. The Morgan fingerprint density at radius 1 is 1.14 bits per heavy atom. The molecule has 3 heterocycles. The monoisotopic (exact) mass is 599 g/mol. The Bertz CT molecular complexity index is 1590. The van der Waals surface area contributed by atoms with E-state index in [1.165, 1.54) is 11.4 Å². The Hall–Kier alpha value is -3.68. The molecule has 0 amide bonds. The molecule has 0 saturated carbocycles. The molecule has 1 N–H and O–H groups in total. The van der Waals surface area contributed by atoms with Crippen molar-refractivity contribution in [2.24, 2.45) is 5.92 Å². The molecule has 2 aromatic carbocycles. The lowest BCUT2D eigenvalue weighted by Gasteiger charge is -2.33. The van der Waals surface area contributed by atoms with Gasteiger partial charge in [0.2, 0.25) is 16.4 Å². The Morgan fingerprint density at radius 2 is 1.88 bits per heavy atom. The van der Waals surface area contributed by atoms with E-state index >= 15 is 0 Å². The molecule has 0 radical (unpaired) electrons. The summed E-state index contributed by atoms with van der Waals surface area (Å²) in [6, 6.07) is 11.5. The maximum atomic E-state index is 14.0. The van der Waals surface area contributed by atoms with Crippen LogP contribution in [0.2, 0.25) is 0 Å². The third-order valence-electron chi connectivity index (χ3n) is 7.84. The number of alkyl halides is 1. The van der Waals surface area contributed by atoms with Gasteiger partial charge in [-0.05, 0) is 48.7 Å². The summed E-state index contributed by atoms with van der Waals surface area (Å²) < 4.78 is 51.7. The van der Waals surface area contributed by atoms with E-state index in [1.807, 2.05) is 31.2 Å². The number of hydrogen-bond donors (Lipinski definition) is 1. The van der Waals surface area contributed by atoms with Crippen molar-refractivity contribution in [3.63, 3.8) is 0 Å². The van der Waals surface area contributed by atoms with Gasteiger partial charge in [0, 0.05) is 38.0 Å². The number of aromatic nitrogens is 2. The van der Waals surface area contributed by atoms with Crippen molar-refractivity contribution in [2.75, 3.05) is 38.6 Å². The molecule has 42 heavy (non-hydrogen) atoms. The number of piperazine rings is 1. The summed E-state index contributed by atoms with van der Waals surface area (Å²) in [6.07, 6.45) is -0.969. The summed E-state index contributed by atoms with van der Waals surface area (Å²) in [5, 5.41) is 3.77. The van der Waals surface area contributed by atoms with Crippen LogP contribution in [0.3, 0.4) is 0 Å². The first kappa shape index (κ1) is 29.8. The molecule has 3 atom stereocenters. The number of carbonyl (C=O) groups excluding carboxylic acids is 2. The molecule has 11 nitrogen and oxygen atoms in total. The van der Waals surface area contributed by atoms with E-state index in [0.717, 1.165) is 11.1 Å². The molecule has 2 aliphatic heterocycles. The van der Waals surface area contributed by atoms with Gasteiger partial charge in [-0.3, -0.25) is 9.69 Å². The smallest absolute Gasteiger partial charge is 0.331 e. The molecule has 2 aliphatic rings. The number of fused-ring (bicyclic) bond motifs is 1. The number of rotatable bonds is 9. The number of methoxy groups -OCH3 is 1. The van der Waals surface area contributed by atoms with Gasteiger partial charge in [-0.1, -0.05) is 25.1 Å². The largest absolute Gasteiger partial charge is 0.469 e. The zero-order valence-electron chi connectivity index (χ0n) is 23.7. The van der Waals surface area contributed by atoms with Gasteiger partial charge in [0.25, 0.3) is 0 Å². The summed E-state index contributed by atoms with van der Waals surface area (Å²) in [4.78, 5) is 35.3. The summed E-state index contributed by atoms with van der Waals surface area (Å²) in [6.45, 7) is 5.36. The minimum atomic E-state index is -3.70. The number of ether oxygens (including phenoxy) is 2. The van der Waals surface area contributed by atoms with E-state index < -0.39 is 34.3 Å². The van der Waals surface area contributed by atoms with Crippen LogP contribution in [0.1, 0.15) is 30.3 Å². The quantitative estimate of drug-likeness (QED) is 0.367. The summed E-state index contributed by atoms with van der Waals surface area (Å²) in [5.41, 5.74) is 2.38. The minimum absolute atomic E-state index is 0.221. The van der Waals surface area contributed by atoms with Crippen LogP contribution in [0.4, 0.5) is 10.2 Å². The lowest BCUT2D eigenvalue weighted by molar-refractivity contribution is -0.148. The van der Waals surface area contributed by atoms with Crippen LogP contribution in [-0.2, 0) is 42.1 Å².